The standard InChI is InChI=1S/C10H6F5NO2S/c11-7-1-2-8(12)9(3-7)19(17,18)5-6(4-16)10(13,14)15/h1-3,6H,5H2. The average molecular weight is 299 g/mol. The largest absolute Gasteiger partial charge is 0.405 e. The summed E-state index contributed by atoms with van der Waals surface area (Å²) in [5, 5.41) is 8.29. The number of benzene rings is 1. The van der Waals surface area contributed by atoms with E-state index in [1.54, 1.807) is 0 Å². The molecule has 1 rings (SSSR count). The van der Waals surface area contributed by atoms with Gasteiger partial charge in [0.15, 0.2) is 15.8 Å². The molecule has 0 amide bonds. The molecule has 1 aromatic rings. The summed E-state index contributed by atoms with van der Waals surface area (Å²) in [5.41, 5.74) is 0. The molecule has 0 radical (unpaired) electrons. The minimum absolute atomic E-state index is 0.273. The summed E-state index contributed by atoms with van der Waals surface area (Å²) in [7, 11) is -4.77. The third-order valence-electron chi connectivity index (χ3n) is 2.17. The third-order valence-corrected chi connectivity index (χ3v) is 3.92. The fourth-order valence-electron chi connectivity index (χ4n) is 1.23. The van der Waals surface area contributed by atoms with Gasteiger partial charge in [-0.25, -0.2) is 17.2 Å². The first-order valence-electron chi connectivity index (χ1n) is 4.72. The summed E-state index contributed by atoms with van der Waals surface area (Å²) in [6, 6.07) is 2.16. The molecule has 0 aliphatic rings. The molecule has 0 aromatic heterocycles. The van der Waals surface area contributed by atoms with Crippen LogP contribution in [0, 0.1) is 28.9 Å². The highest BCUT2D eigenvalue weighted by molar-refractivity contribution is 7.91. The highest BCUT2D eigenvalue weighted by Crippen LogP contribution is 2.29. The van der Waals surface area contributed by atoms with E-state index in [0.717, 1.165) is 6.07 Å². The number of rotatable bonds is 3. The molecular weight excluding hydrogens is 293 g/mol. The second-order valence-electron chi connectivity index (χ2n) is 3.58. The monoisotopic (exact) mass is 299 g/mol. The van der Waals surface area contributed by atoms with E-state index in [9.17, 15) is 30.4 Å². The molecule has 1 aromatic carbocycles. The van der Waals surface area contributed by atoms with Gasteiger partial charge in [0.1, 0.15) is 16.5 Å². The minimum Gasteiger partial charge on any atom is -0.224 e. The Kier molecular flexibility index (Phi) is 4.15. The molecule has 1 unspecified atom stereocenters. The van der Waals surface area contributed by atoms with Gasteiger partial charge in [-0.3, -0.25) is 0 Å². The molecule has 0 aliphatic heterocycles. The minimum atomic E-state index is -5.06. The average Bonchev–Trinajstić information content (AvgIpc) is 2.27. The van der Waals surface area contributed by atoms with Crippen molar-refractivity contribution in [3.8, 4) is 6.07 Å². The van der Waals surface area contributed by atoms with Gasteiger partial charge in [-0.1, -0.05) is 0 Å². The van der Waals surface area contributed by atoms with Crippen LogP contribution in [0.2, 0.25) is 0 Å². The van der Waals surface area contributed by atoms with Crippen LogP contribution in [0.1, 0.15) is 0 Å². The fraction of sp³-hybridized carbons (Fsp3) is 0.300. The molecule has 0 saturated heterocycles. The van der Waals surface area contributed by atoms with E-state index < -0.39 is 44.2 Å². The van der Waals surface area contributed by atoms with Crippen molar-refractivity contribution < 1.29 is 30.4 Å². The molecule has 0 saturated carbocycles. The maximum absolute atomic E-state index is 13.2. The third kappa shape index (κ3) is 3.64. The first-order valence-corrected chi connectivity index (χ1v) is 6.37. The first kappa shape index (κ1) is 15.4. The highest BCUT2D eigenvalue weighted by atomic mass is 32.2. The molecule has 0 aliphatic carbocycles. The molecule has 1 atom stereocenters. The number of hydrogen-bond donors (Lipinski definition) is 0. The van der Waals surface area contributed by atoms with Crippen molar-refractivity contribution in [1.82, 2.24) is 0 Å². The SMILES string of the molecule is N#CC(CS(=O)(=O)c1cc(F)ccc1F)C(F)(F)F. The van der Waals surface area contributed by atoms with Crippen molar-refractivity contribution in [3.63, 3.8) is 0 Å². The van der Waals surface area contributed by atoms with E-state index in [1.807, 2.05) is 0 Å². The van der Waals surface area contributed by atoms with Gasteiger partial charge in [-0.05, 0) is 18.2 Å². The van der Waals surface area contributed by atoms with E-state index in [-0.39, 0.29) is 6.07 Å². The van der Waals surface area contributed by atoms with Gasteiger partial charge in [0.25, 0.3) is 0 Å². The molecule has 0 bridgehead atoms. The number of alkyl halides is 3. The number of nitrogens with zero attached hydrogens (tertiary/aromatic N) is 1. The Balaban J connectivity index is 3.19. The molecular formula is C10H6F5NO2S. The predicted molar refractivity (Wildman–Crippen MR) is 53.6 cm³/mol. The van der Waals surface area contributed by atoms with Gasteiger partial charge in [0.2, 0.25) is 0 Å². The smallest absolute Gasteiger partial charge is 0.224 e. The zero-order chi connectivity index (χ0) is 14.8. The van der Waals surface area contributed by atoms with Gasteiger partial charge in [-0.15, -0.1) is 0 Å². The fourth-order valence-corrected chi connectivity index (χ4v) is 2.77. The Morgan fingerprint density at radius 1 is 1.26 bits per heavy atom. The lowest BCUT2D eigenvalue weighted by molar-refractivity contribution is -0.153. The Labute approximate surface area is 105 Å². The topological polar surface area (TPSA) is 57.9 Å². The molecule has 0 N–H and O–H groups in total. The van der Waals surface area contributed by atoms with Crippen molar-refractivity contribution in [3.05, 3.63) is 29.8 Å². The van der Waals surface area contributed by atoms with Gasteiger partial charge in [0.05, 0.1) is 11.8 Å². The highest BCUT2D eigenvalue weighted by Gasteiger charge is 2.43. The summed E-state index contributed by atoms with van der Waals surface area (Å²) in [4.78, 5) is -1.20. The van der Waals surface area contributed by atoms with Crippen LogP contribution < -0.4 is 0 Å². The number of nitriles is 1. The van der Waals surface area contributed by atoms with Crippen molar-refractivity contribution in [1.29, 1.82) is 5.26 Å². The molecule has 9 heteroatoms. The van der Waals surface area contributed by atoms with E-state index in [1.165, 1.54) is 0 Å². The quantitative estimate of drug-likeness (QED) is 0.805. The van der Waals surface area contributed by atoms with Crippen molar-refractivity contribution in [2.45, 2.75) is 11.1 Å². The van der Waals surface area contributed by atoms with E-state index in [2.05, 4.69) is 0 Å². The lowest BCUT2D eigenvalue weighted by Crippen LogP contribution is -2.29. The Morgan fingerprint density at radius 2 is 1.84 bits per heavy atom. The summed E-state index contributed by atoms with van der Waals surface area (Å²) < 4.78 is 86.0. The van der Waals surface area contributed by atoms with Crippen LogP contribution in [0.4, 0.5) is 22.0 Å². The van der Waals surface area contributed by atoms with Crippen LogP contribution in [-0.2, 0) is 9.84 Å². The normalized spacial score (nSPS) is 13.9. The number of hydrogen-bond acceptors (Lipinski definition) is 3. The summed E-state index contributed by atoms with van der Waals surface area (Å²) in [6.45, 7) is 0. The Bertz CT molecular complexity index is 618. The van der Waals surface area contributed by atoms with E-state index >= 15 is 0 Å². The molecule has 0 heterocycles. The zero-order valence-electron chi connectivity index (χ0n) is 9.08. The lowest BCUT2D eigenvalue weighted by atomic mass is 10.2. The zero-order valence-corrected chi connectivity index (χ0v) is 9.89. The molecule has 104 valence electrons. The van der Waals surface area contributed by atoms with Crippen molar-refractivity contribution in [2.75, 3.05) is 5.75 Å². The summed E-state index contributed by atoms with van der Waals surface area (Å²) >= 11 is 0. The van der Waals surface area contributed by atoms with Gasteiger partial charge < -0.3 is 0 Å². The van der Waals surface area contributed by atoms with E-state index in [4.69, 9.17) is 5.26 Å². The second-order valence-corrected chi connectivity index (χ2v) is 5.58. The first-order chi connectivity index (χ1) is 8.58. The molecule has 3 nitrogen and oxygen atoms in total. The van der Waals surface area contributed by atoms with E-state index in [0.29, 0.717) is 12.1 Å². The Hall–Kier alpha value is -1.69. The maximum Gasteiger partial charge on any atom is 0.405 e. The van der Waals surface area contributed by atoms with Gasteiger partial charge in [-0.2, -0.15) is 18.4 Å². The molecule has 0 spiro atoms. The van der Waals surface area contributed by atoms with Crippen molar-refractivity contribution >= 4 is 9.84 Å². The van der Waals surface area contributed by atoms with Crippen LogP contribution in [0.3, 0.4) is 0 Å². The van der Waals surface area contributed by atoms with Crippen LogP contribution in [0.25, 0.3) is 0 Å². The maximum atomic E-state index is 13.2. The molecule has 19 heavy (non-hydrogen) atoms. The molecule has 0 fully saturated rings. The Morgan fingerprint density at radius 3 is 2.32 bits per heavy atom. The van der Waals surface area contributed by atoms with Crippen molar-refractivity contribution in [2.24, 2.45) is 5.92 Å². The van der Waals surface area contributed by atoms with Crippen LogP contribution in [0.15, 0.2) is 23.1 Å². The lowest BCUT2D eigenvalue weighted by Gasteiger charge is -2.13. The van der Waals surface area contributed by atoms with Gasteiger partial charge in [0, 0.05) is 0 Å². The van der Waals surface area contributed by atoms with Crippen LogP contribution in [0.5, 0.6) is 0 Å². The van der Waals surface area contributed by atoms with Crippen LogP contribution >= 0.6 is 0 Å². The van der Waals surface area contributed by atoms with Gasteiger partial charge >= 0.3 is 6.18 Å². The predicted octanol–water partition coefficient (Wildman–Crippen LogP) is 2.44. The number of halogens is 5. The summed E-state index contributed by atoms with van der Waals surface area (Å²) in [6.07, 6.45) is -5.06. The number of sulfone groups is 1. The second kappa shape index (κ2) is 5.13. The van der Waals surface area contributed by atoms with Crippen LogP contribution in [-0.4, -0.2) is 20.3 Å². The summed E-state index contributed by atoms with van der Waals surface area (Å²) in [5.74, 6) is -6.95.